The average Bonchev–Trinajstić information content (AvgIpc) is 2.23. The molecule has 76 valence electrons. The van der Waals surface area contributed by atoms with Crippen LogP contribution in [0.5, 0.6) is 5.88 Å². The minimum atomic E-state index is 0.235. The molecule has 2 rings (SSSR count). The Bertz CT molecular complexity index is 278. The molecule has 0 radical (unpaired) electrons. The number of aromatic nitrogens is 2. The Kier molecular flexibility index (Phi) is 2.93. The van der Waals surface area contributed by atoms with E-state index in [1.807, 2.05) is 0 Å². The van der Waals surface area contributed by atoms with Crippen LogP contribution in [0, 0.1) is 5.92 Å². The van der Waals surface area contributed by atoms with Crippen molar-refractivity contribution in [2.45, 2.75) is 19.4 Å². The SMILES string of the molecule is CC1CCNCC1Oc1ccncn1. The van der Waals surface area contributed by atoms with Gasteiger partial charge in [-0.15, -0.1) is 0 Å². The Morgan fingerprint density at radius 2 is 2.50 bits per heavy atom. The van der Waals surface area contributed by atoms with E-state index < -0.39 is 0 Å². The molecule has 1 aliphatic rings. The van der Waals surface area contributed by atoms with Gasteiger partial charge >= 0.3 is 0 Å². The first-order valence-electron chi connectivity index (χ1n) is 4.99. The lowest BCUT2D eigenvalue weighted by atomic mass is 9.97. The maximum atomic E-state index is 5.75. The third-order valence-corrected chi connectivity index (χ3v) is 2.58. The second-order valence-electron chi connectivity index (χ2n) is 3.67. The van der Waals surface area contributed by atoms with Gasteiger partial charge in [-0.1, -0.05) is 6.92 Å². The molecule has 0 aromatic carbocycles. The standard InChI is InChI=1S/C10H15N3O/c1-8-2-4-11-6-9(8)14-10-3-5-12-7-13-10/h3,5,7-9,11H,2,4,6H2,1H3. The normalized spacial score (nSPS) is 27.2. The third-order valence-electron chi connectivity index (χ3n) is 2.58. The van der Waals surface area contributed by atoms with Crippen molar-refractivity contribution in [3.05, 3.63) is 18.6 Å². The van der Waals surface area contributed by atoms with E-state index in [4.69, 9.17) is 4.74 Å². The number of rotatable bonds is 2. The van der Waals surface area contributed by atoms with E-state index in [0.717, 1.165) is 19.5 Å². The highest BCUT2D eigenvalue weighted by Crippen LogP contribution is 2.16. The topological polar surface area (TPSA) is 47.0 Å². The predicted molar refractivity (Wildman–Crippen MR) is 53.1 cm³/mol. The minimum absolute atomic E-state index is 0.235. The maximum Gasteiger partial charge on any atom is 0.216 e. The molecule has 2 heterocycles. The number of hydrogen-bond acceptors (Lipinski definition) is 4. The Morgan fingerprint density at radius 3 is 3.21 bits per heavy atom. The summed E-state index contributed by atoms with van der Waals surface area (Å²) >= 11 is 0. The van der Waals surface area contributed by atoms with Gasteiger partial charge in [-0.05, 0) is 18.9 Å². The number of nitrogens with zero attached hydrogens (tertiary/aromatic N) is 2. The Labute approximate surface area is 83.7 Å². The molecule has 1 fully saturated rings. The molecule has 4 heteroatoms. The van der Waals surface area contributed by atoms with Crippen LogP contribution < -0.4 is 10.1 Å². The highest BCUT2D eigenvalue weighted by Gasteiger charge is 2.22. The zero-order chi connectivity index (χ0) is 9.80. The van der Waals surface area contributed by atoms with E-state index in [1.165, 1.54) is 6.33 Å². The largest absolute Gasteiger partial charge is 0.473 e. The van der Waals surface area contributed by atoms with Gasteiger partial charge in [0, 0.05) is 18.8 Å². The summed E-state index contributed by atoms with van der Waals surface area (Å²) in [6.07, 6.45) is 4.61. The Hall–Kier alpha value is -1.16. The van der Waals surface area contributed by atoms with Crippen LogP contribution >= 0.6 is 0 Å². The smallest absolute Gasteiger partial charge is 0.216 e. The molecule has 1 saturated heterocycles. The first-order valence-corrected chi connectivity index (χ1v) is 4.99. The fourth-order valence-electron chi connectivity index (χ4n) is 1.62. The average molecular weight is 193 g/mol. The van der Waals surface area contributed by atoms with Gasteiger partial charge in [0.25, 0.3) is 0 Å². The molecular formula is C10H15N3O. The number of ether oxygens (including phenoxy) is 1. The second kappa shape index (κ2) is 4.37. The third kappa shape index (κ3) is 2.20. The van der Waals surface area contributed by atoms with Gasteiger partial charge in [0.2, 0.25) is 5.88 Å². The van der Waals surface area contributed by atoms with Crippen molar-refractivity contribution < 1.29 is 4.74 Å². The minimum Gasteiger partial charge on any atom is -0.473 e. The summed E-state index contributed by atoms with van der Waals surface area (Å²) in [7, 11) is 0. The van der Waals surface area contributed by atoms with Gasteiger partial charge in [0.05, 0.1) is 0 Å². The van der Waals surface area contributed by atoms with Crippen molar-refractivity contribution >= 4 is 0 Å². The van der Waals surface area contributed by atoms with Crippen LogP contribution in [-0.2, 0) is 0 Å². The van der Waals surface area contributed by atoms with Crippen molar-refractivity contribution in [1.29, 1.82) is 0 Å². The quantitative estimate of drug-likeness (QED) is 0.756. The maximum absolute atomic E-state index is 5.75. The van der Waals surface area contributed by atoms with Gasteiger partial charge in [-0.3, -0.25) is 0 Å². The van der Waals surface area contributed by atoms with E-state index in [2.05, 4.69) is 22.2 Å². The fraction of sp³-hybridized carbons (Fsp3) is 0.600. The van der Waals surface area contributed by atoms with Crippen molar-refractivity contribution in [3.63, 3.8) is 0 Å². The van der Waals surface area contributed by atoms with Gasteiger partial charge in [0.15, 0.2) is 0 Å². The van der Waals surface area contributed by atoms with Crippen molar-refractivity contribution in [2.75, 3.05) is 13.1 Å². The van der Waals surface area contributed by atoms with Gasteiger partial charge in [-0.25, -0.2) is 9.97 Å². The molecule has 1 aliphatic heterocycles. The number of nitrogens with one attached hydrogen (secondary N) is 1. The summed E-state index contributed by atoms with van der Waals surface area (Å²) in [4.78, 5) is 7.90. The van der Waals surface area contributed by atoms with Crippen LogP contribution in [0.2, 0.25) is 0 Å². The lowest BCUT2D eigenvalue weighted by molar-refractivity contribution is 0.109. The highest BCUT2D eigenvalue weighted by atomic mass is 16.5. The summed E-state index contributed by atoms with van der Waals surface area (Å²) in [5.74, 6) is 1.26. The lowest BCUT2D eigenvalue weighted by Gasteiger charge is -2.29. The van der Waals surface area contributed by atoms with Crippen molar-refractivity contribution in [2.24, 2.45) is 5.92 Å². The molecule has 0 amide bonds. The Morgan fingerprint density at radius 1 is 1.57 bits per heavy atom. The molecule has 0 saturated carbocycles. The van der Waals surface area contributed by atoms with E-state index in [1.54, 1.807) is 12.3 Å². The van der Waals surface area contributed by atoms with E-state index >= 15 is 0 Å². The monoisotopic (exact) mass is 193 g/mol. The zero-order valence-corrected chi connectivity index (χ0v) is 8.31. The zero-order valence-electron chi connectivity index (χ0n) is 8.31. The molecule has 1 aromatic rings. The number of piperidine rings is 1. The van der Waals surface area contributed by atoms with E-state index in [0.29, 0.717) is 11.8 Å². The summed E-state index contributed by atoms with van der Waals surface area (Å²) in [5, 5.41) is 3.32. The molecule has 2 unspecified atom stereocenters. The van der Waals surface area contributed by atoms with Crippen LogP contribution in [0.15, 0.2) is 18.6 Å². The van der Waals surface area contributed by atoms with Gasteiger partial charge < -0.3 is 10.1 Å². The fourth-order valence-corrected chi connectivity index (χ4v) is 1.62. The second-order valence-corrected chi connectivity index (χ2v) is 3.67. The molecule has 2 atom stereocenters. The number of hydrogen-bond donors (Lipinski definition) is 1. The van der Waals surface area contributed by atoms with Crippen LogP contribution in [0.1, 0.15) is 13.3 Å². The first-order chi connectivity index (χ1) is 6.86. The summed E-state index contributed by atoms with van der Waals surface area (Å²) in [6, 6.07) is 1.79. The molecule has 0 spiro atoms. The van der Waals surface area contributed by atoms with Crippen LogP contribution in [-0.4, -0.2) is 29.2 Å². The predicted octanol–water partition coefficient (Wildman–Crippen LogP) is 0.853. The van der Waals surface area contributed by atoms with Crippen LogP contribution in [0.4, 0.5) is 0 Å². The van der Waals surface area contributed by atoms with Gasteiger partial charge in [0.1, 0.15) is 12.4 Å². The van der Waals surface area contributed by atoms with Crippen molar-refractivity contribution in [3.8, 4) is 5.88 Å². The van der Waals surface area contributed by atoms with Crippen LogP contribution in [0.3, 0.4) is 0 Å². The summed E-state index contributed by atoms with van der Waals surface area (Å²) < 4.78 is 5.75. The summed E-state index contributed by atoms with van der Waals surface area (Å²) in [5.41, 5.74) is 0. The lowest BCUT2D eigenvalue weighted by Crippen LogP contribution is -2.42. The van der Waals surface area contributed by atoms with E-state index in [9.17, 15) is 0 Å². The molecule has 1 aromatic heterocycles. The molecule has 14 heavy (non-hydrogen) atoms. The van der Waals surface area contributed by atoms with E-state index in [-0.39, 0.29) is 6.10 Å². The molecule has 0 aliphatic carbocycles. The first kappa shape index (κ1) is 9.40. The Balaban J connectivity index is 1.96. The summed E-state index contributed by atoms with van der Waals surface area (Å²) in [6.45, 7) is 4.21. The molecule has 4 nitrogen and oxygen atoms in total. The molecule has 1 N–H and O–H groups in total. The van der Waals surface area contributed by atoms with Crippen LogP contribution in [0.25, 0.3) is 0 Å². The highest BCUT2D eigenvalue weighted by molar-refractivity contribution is 5.05. The van der Waals surface area contributed by atoms with Crippen molar-refractivity contribution in [1.82, 2.24) is 15.3 Å². The molecular weight excluding hydrogens is 178 g/mol. The molecule has 0 bridgehead atoms. The van der Waals surface area contributed by atoms with Gasteiger partial charge in [-0.2, -0.15) is 0 Å².